The van der Waals surface area contributed by atoms with Crippen LogP contribution in [0, 0.1) is 12.7 Å². The van der Waals surface area contributed by atoms with Crippen molar-refractivity contribution in [2.75, 3.05) is 0 Å². The first-order chi connectivity index (χ1) is 13.8. The zero-order chi connectivity index (χ0) is 20.6. The molecule has 1 amide bonds. The number of sulfonamides is 1. The molecule has 8 nitrogen and oxygen atoms in total. The third-order valence-corrected chi connectivity index (χ3v) is 5.59. The van der Waals surface area contributed by atoms with Gasteiger partial charge in [-0.05, 0) is 43.3 Å². The third-order valence-electron chi connectivity index (χ3n) is 4.20. The van der Waals surface area contributed by atoms with Crippen LogP contribution in [0.1, 0.15) is 16.4 Å². The lowest BCUT2D eigenvalue weighted by atomic mass is 10.2. The molecule has 0 aliphatic rings. The van der Waals surface area contributed by atoms with Gasteiger partial charge in [-0.3, -0.25) is 9.78 Å². The van der Waals surface area contributed by atoms with E-state index in [1.165, 1.54) is 47.4 Å². The van der Waals surface area contributed by atoms with Crippen LogP contribution in [0.25, 0.3) is 16.5 Å². The number of carbonyl (C=O) groups is 1. The molecule has 0 fully saturated rings. The Kier molecular flexibility index (Phi) is 4.55. The predicted octanol–water partition coefficient (Wildman–Crippen LogP) is 2.38. The molecule has 10 heteroatoms. The summed E-state index contributed by atoms with van der Waals surface area (Å²) in [5.41, 5.74) is 0.486. The number of halogens is 1. The smallest absolute Gasteiger partial charge is 0.264 e. The molecule has 0 spiro atoms. The Morgan fingerprint density at radius 3 is 2.62 bits per heavy atom. The van der Waals surface area contributed by atoms with Crippen LogP contribution in [-0.2, 0) is 10.0 Å². The first-order valence-electron chi connectivity index (χ1n) is 8.45. The highest BCUT2D eigenvalue weighted by molar-refractivity contribution is 7.90. The molecular weight excluding hydrogens is 397 g/mol. The summed E-state index contributed by atoms with van der Waals surface area (Å²) in [6.45, 7) is 1.60. The van der Waals surface area contributed by atoms with Crippen molar-refractivity contribution in [2.24, 2.45) is 0 Å². The number of pyridine rings is 1. The highest BCUT2D eigenvalue weighted by atomic mass is 32.2. The molecule has 0 unspecified atom stereocenters. The van der Waals surface area contributed by atoms with Gasteiger partial charge in [0.25, 0.3) is 10.0 Å². The largest absolute Gasteiger partial charge is 0.304 e. The number of nitrogens with zero attached hydrogens (tertiary/aromatic N) is 4. The van der Waals surface area contributed by atoms with E-state index in [1.54, 1.807) is 25.1 Å². The van der Waals surface area contributed by atoms with Gasteiger partial charge < -0.3 is 0 Å². The maximum absolute atomic E-state index is 13.1. The standard InChI is InChI=1S/C19H14FN5O3S/c1-12-22-18(23-25(12)15-7-5-14(20)6-8-15)19(26)24-29(27,28)17-4-2-3-13-11-21-10-9-16(13)17/h2-11H,1H3,(H,24,26). The van der Waals surface area contributed by atoms with Crippen molar-refractivity contribution in [1.29, 1.82) is 0 Å². The predicted molar refractivity (Wildman–Crippen MR) is 102 cm³/mol. The summed E-state index contributed by atoms with van der Waals surface area (Å²) in [4.78, 5) is 20.4. The number of aryl methyl sites for hydroxylation is 1. The summed E-state index contributed by atoms with van der Waals surface area (Å²) in [5.74, 6) is -1.37. The molecule has 2 aromatic carbocycles. The number of aromatic nitrogens is 4. The van der Waals surface area contributed by atoms with Crippen LogP contribution in [0.2, 0.25) is 0 Å². The van der Waals surface area contributed by atoms with E-state index >= 15 is 0 Å². The molecule has 0 saturated heterocycles. The Morgan fingerprint density at radius 1 is 1.10 bits per heavy atom. The van der Waals surface area contributed by atoms with Crippen LogP contribution < -0.4 is 4.72 Å². The summed E-state index contributed by atoms with van der Waals surface area (Å²) in [7, 11) is -4.17. The molecule has 2 aromatic heterocycles. The van der Waals surface area contributed by atoms with E-state index in [0.29, 0.717) is 22.3 Å². The van der Waals surface area contributed by atoms with Gasteiger partial charge in [-0.25, -0.2) is 27.2 Å². The summed E-state index contributed by atoms with van der Waals surface area (Å²) in [5, 5.41) is 5.10. The van der Waals surface area contributed by atoms with E-state index in [9.17, 15) is 17.6 Å². The average Bonchev–Trinajstić information content (AvgIpc) is 3.10. The van der Waals surface area contributed by atoms with Crippen LogP contribution in [0.5, 0.6) is 0 Å². The molecule has 4 aromatic rings. The van der Waals surface area contributed by atoms with Gasteiger partial charge in [0.2, 0.25) is 5.82 Å². The first-order valence-corrected chi connectivity index (χ1v) is 9.93. The van der Waals surface area contributed by atoms with Gasteiger partial charge in [-0.1, -0.05) is 12.1 Å². The molecule has 0 saturated carbocycles. The van der Waals surface area contributed by atoms with Crippen LogP contribution in [-0.4, -0.2) is 34.1 Å². The monoisotopic (exact) mass is 411 g/mol. The van der Waals surface area contributed by atoms with Gasteiger partial charge >= 0.3 is 5.91 Å². The summed E-state index contributed by atoms with van der Waals surface area (Å²) >= 11 is 0. The lowest BCUT2D eigenvalue weighted by molar-refractivity contribution is 0.0971. The van der Waals surface area contributed by atoms with Crippen molar-refractivity contribution in [1.82, 2.24) is 24.5 Å². The fourth-order valence-electron chi connectivity index (χ4n) is 2.86. The van der Waals surface area contributed by atoms with Crippen LogP contribution >= 0.6 is 0 Å². The molecule has 0 aliphatic carbocycles. The number of benzene rings is 2. The quantitative estimate of drug-likeness (QED) is 0.553. The second-order valence-corrected chi connectivity index (χ2v) is 7.81. The minimum absolute atomic E-state index is 0.0551. The number of amides is 1. The highest BCUT2D eigenvalue weighted by Gasteiger charge is 2.24. The van der Waals surface area contributed by atoms with E-state index in [2.05, 4.69) is 15.1 Å². The molecule has 29 heavy (non-hydrogen) atoms. The van der Waals surface area contributed by atoms with E-state index in [-0.39, 0.29) is 10.7 Å². The van der Waals surface area contributed by atoms with Gasteiger partial charge in [-0.15, -0.1) is 5.10 Å². The van der Waals surface area contributed by atoms with Gasteiger partial charge in [-0.2, -0.15) is 0 Å². The number of carbonyl (C=O) groups excluding carboxylic acids is 1. The average molecular weight is 411 g/mol. The normalized spacial score (nSPS) is 11.5. The summed E-state index contributed by atoms with van der Waals surface area (Å²) in [6.07, 6.45) is 3.00. The SMILES string of the molecule is Cc1nc(C(=O)NS(=O)(=O)c2cccc3cnccc23)nn1-c1ccc(F)cc1. The summed E-state index contributed by atoms with van der Waals surface area (Å²) < 4.78 is 42.0. The minimum atomic E-state index is -4.17. The number of fused-ring (bicyclic) bond motifs is 1. The molecule has 0 atom stereocenters. The molecule has 0 aliphatic heterocycles. The lowest BCUT2D eigenvalue weighted by Crippen LogP contribution is -2.31. The topological polar surface area (TPSA) is 107 Å². The molecule has 1 N–H and O–H groups in total. The fraction of sp³-hybridized carbons (Fsp3) is 0.0526. The van der Waals surface area contributed by atoms with Crippen molar-refractivity contribution >= 4 is 26.7 Å². The second-order valence-electron chi connectivity index (χ2n) is 6.16. The zero-order valence-corrected chi connectivity index (χ0v) is 15.9. The Balaban J connectivity index is 1.65. The molecule has 0 bridgehead atoms. The molecule has 4 rings (SSSR count). The number of hydrogen-bond donors (Lipinski definition) is 1. The molecule has 146 valence electrons. The minimum Gasteiger partial charge on any atom is -0.264 e. The van der Waals surface area contributed by atoms with Gasteiger partial charge in [0.1, 0.15) is 11.6 Å². The van der Waals surface area contributed by atoms with Crippen LogP contribution in [0.4, 0.5) is 4.39 Å². The lowest BCUT2D eigenvalue weighted by Gasteiger charge is -2.08. The Hall–Kier alpha value is -3.66. The van der Waals surface area contributed by atoms with Crippen LogP contribution in [0.3, 0.4) is 0 Å². The molecular formula is C19H14FN5O3S. The van der Waals surface area contributed by atoms with E-state index in [1.807, 2.05) is 4.72 Å². The Labute approximate surface area is 165 Å². The number of nitrogens with one attached hydrogen (secondary N) is 1. The maximum Gasteiger partial charge on any atom is 0.304 e. The van der Waals surface area contributed by atoms with Crippen molar-refractivity contribution in [3.05, 3.63) is 78.4 Å². The number of hydrogen-bond acceptors (Lipinski definition) is 6. The van der Waals surface area contributed by atoms with Gasteiger partial charge in [0, 0.05) is 23.2 Å². The van der Waals surface area contributed by atoms with Crippen molar-refractivity contribution in [2.45, 2.75) is 11.8 Å². The fourth-order valence-corrected chi connectivity index (χ4v) is 4.04. The van der Waals surface area contributed by atoms with E-state index in [0.717, 1.165) is 0 Å². The summed E-state index contributed by atoms with van der Waals surface area (Å²) in [6, 6.07) is 11.7. The second kappa shape index (κ2) is 7.06. The molecule has 0 radical (unpaired) electrons. The van der Waals surface area contributed by atoms with Crippen molar-refractivity contribution in [3.8, 4) is 5.69 Å². The Bertz CT molecular complexity index is 1330. The van der Waals surface area contributed by atoms with Gasteiger partial charge in [0.15, 0.2) is 0 Å². The zero-order valence-electron chi connectivity index (χ0n) is 15.1. The first kappa shape index (κ1) is 18.7. The third kappa shape index (κ3) is 3.57. The highest BCUT2D eigenvalue weighted by Crippen LogP contribution is 2.22. The van der Waals surface area contributed by atoms with Crippen molar-refractivity contribution < 1.29 is 17.6 Å². The van der Waals surface area contributed by atoms with E-state index in [4.69, 9.17) is 0 Å². The maximum atomic E-state index is 13.1. The molecule has 2 heterocycles. The Morgan fingerprint density at radius 2 is 1.86 bits per heavy atom. The number of rotatable bonds is 4. The van der Waals surface area contributed by atoms with E-state index < -0.39 is 21.7 Å². The van der Waals surface area contributed by atoms with Crippen LogP contribution in [0.15, 0.2) is 65.8 Å². The van der Waals surface area contributed by atoms with Gasteiger partial charge in [0.05, 0.1) is 10.6 Å². The van der Waals surface area contributed by atoms with Crippen molar-refractivity contribution in [3.63, 3.8) is 0 Å².